The molecule has 0 aliphatic heterocycles. The molecular formula is C16H11FN4. The molecule has 0 amide bonds. The van der Waals surface area contributed by atoms with E-state index >= 15 is 0 Å². The molecule has 1 aromatic carbocycles. The van der Waals surface area contributed by atoms with E-state index in [2.05, 4.69) is 15.0 Å². The molecule has 0 unspecified atom stereocenters. The van der Waals surface area contributed by atoms with Crippen LogP contribution in [0.5, 0.6) is 0 Å². The predicted octanol–water partition coefficient (Wildman–Crippen LogP) is 3.50. The largest absolute Gasteiger partial charge is 0.396 e. The number of halogens is 1. The van der Waals surface area contributed by atoms with Gasteiger partial charge in [0, 0.05) is 28.7 Å². The van der Waals surface area contributed by atoms with Gasteiger partial charge in [-0.3, -0.25) is 4.98 Å². The van der Waals surface area contributed by atoms with E-state index in [0.29, 0.717) is 0 Å². The standard InChI is InChI=1S/C16H11FN4/c17-12-3-1-9(7-13(12)18)14-4-2-10-11-8-19-6-5-15(11)21-16(10)20-14/h1-8H,18H2,(H,20,21)/i17+0. The number of nitrogens with two attached hydrogens (primary N) is 1. The van der Waals surface area contributed by atoms with Crippen molar-refractivity contribution in [3.05, 3.63) is 54.6 Å². The molecule has 3 N–H and O–H groups in total. The van der Waals surface area contributed by atoms with E-state index in [1.807, 2.05) is 24.4 Å². The lowest BCUT2D eigenvalue weighted by Gasteiger charge is -2.03. The molecule has 3 aromatic heterocycles. The van der Waals surface area contributed by atoms with Gasteiger partial charge in [-0.2, -0.15) is 0 Å². The van der Waals surface area contributed by atoms with Gasteiger partial charge in [-0.25, -0.2) is 9.37 Å². The summed E-state index contributed by atoms with van der Waals surface area (Å²) in [7, 11) is 0. The Hall–Kier alpha value is -2.95. The Labute approximate surface area is 119 Å². The summed E-state index contributed by atoms with van der Waals surface area (Å²) in [5.74, 6) is -0.420. The fourth-order valence-electron chi connectivity index (χ4n) is 2.48. The monoisotopic (exact) mass is 278 g/mol. The van der Waals surface area contributed by atoms with Gasteiger partial charge < -0.3 is 10.7 Å². The van der Waals surface area contributed by atoms with Gasteiger partial charge >= 0.3 is 0 Å². The van der Waals surface area contributed by atoms with Crippen LogP contribution in [-0.2, 0) is 0 Å². The molecule has 0 fully saturated rings. The topological polar surface area (TPSA) is 67.6 Å². The second-order valence-corrected chi connectivity index (χ2v) is 4.88. The molecule has 3 heterocycles. The van der Waals surface area contributed by atoms with Crippen molar-refractivity contribution in [1.29, 1.82) is 0 Å². The minimum Gasteiger partial charge on any atom is -0.396 e. The van der Waals surface area contributed by atoms with Crippen LogP contribution >= 0.6 is 0 Å². The number of anilines is 1. The molecule has 0 bridgehead atoms. The highest BCUT2D eigenvalue weighted by Gasteiger charge is 2.08. The van der Waals surface area contributed by atoms with E-state index in [1.54, 1.807) is 18.3 Å². The molecule has 21 heavy (non-hydrogen) atoms. The maximum Gasteiger partial charge on any atom is 0.146 e. The number of pyridine rings is 2. The first-order valence-corrected chi connectivity index (χ1v) is 6.50. The van der Waals surface area contributed by atoms with Crippen LogP contribution in [0.4, 0.5) is 10.1 Å². The molecule has 4 rings (SSSR count). The highest BCUT2D eigenvalue weighted by atomic mass is 19.1. The van der Waals surface area contributed by atoms with Gasteiger partial charge in [0.2, 0.25) is 0 Å². The van der Waals surface area contributed by atoms with E-state index in [4.69, 9.17) is 5.73 Å². The Kier molecular flexibility index (Phi) is 2.41. The molecule has 102 valence electrons. The van der Waals surface area contributed by atoms with Gasteiger partial charge in [0.05, 0.1) is 16.9 Å². The lowest BCUT2D eigenvalue weighted by atomic mass is 10.1. The van der Waals surface area contributed by atoms with E-state index in [-0.39, 0.29) is 5.69 Å². The summed E-state index contributed by atoms with van der Waals surface area (Å²) < 4.78 is 13.2. The zero-order valence-electron chi connectivity index (χ0n) is 11.0. The Morgan fingerprint density at radius 1 is 1.05 bits per heavy atom. The number of hydrogen-bond donors (Lipinski definition) is 2. The molecule has 5 heteroatoms. The summed E-state index contributed by atoms with van der Waals surface area (Å²) in [6, 6.07) is 10.4. The van der Waals surface area contributed by atoms with Crippen molar-refractivity contribution in [3.8, 4) is 11.3 Å². The zero-order valence-corrected chi connectivity index (χ0v) is 11.0. The smallest absolute Gasteiger partial charge is 0.146 e. The molecule has 0 aliphatic carbocycles. The summed E-state index contributed by atoms with van der Waals surface area (Å²) >= 11 is 0. The highest BCUT2D eigenvalue weighted by Crippen LogP contribution is 2.27. The summed E-state index contributed by atoms with van der Waals surface area (Å²) in [4.78, 5) is 12.0. The zero-order chi connectivity index (χ0) is 14.4. The second kappa shape index (κ2) is 4.28. The molecule has 0 saturated heterocycles. The van der Waals surface area contributed by atoms with Gasteiger partial charge in [-0.15, -0.1) is 0 Å². The molecule has 0 radical (unpaired) electrons. The van der Waals surface area contributed by atoms with E-state index in [0.717, 1.165) is 33.2 Å². The normalized spacial score (nSPS) is 11.3. The van der Waals surface area contributed by atoms with Crippen molar-refractivity contribution in [2.24, 2.45) is 0 Å². The van der Waals surface area contributed by atoms with E-state index in [9.17, 15) is 4.39 Å². The van der Waals surface area contributed by atoms with Crippen LogP contribution in [0, 0.1) is 5.82 Å². The van der Waals surface area contributed by atoms with Crippen LogP contribution in [0.3, 0.4) is 0 Å². The quantitative estimate of drug-likeness (QED) is 0.524. The van der Waals surface area contributed by atoms with Crippen LogP contribution < -0.4 is 5.73 Å². The highest BCUT2D eigenvalue weighted by molar-refractivity contribution is 6.05. The van der Waals surface area contributed by atoms with E-state index < -0.39 is 5.82 Å². The molecule has 0 saturated carbocycles. The maximum atomic E-state index is 13.2. The molecule has 0 atom stereocenters. The molecular weight excluding hydrogens is 267 g/mol. The number of benzene rings is 1. The van der Waals surface area contributed by atoms with Crippen LogP contribution in [-0.4, -0.2) is 15.0 Å². The Morgan fingerprint density at radius 3 is 2.81 bits per heavy atom. The van der Waals surface area contributed by atoms with E-state index in [1.165, 1.54) is 6.07 Å². The first kappa shape index (κ1) is 11.8. The molecule has 4 nitrogen and oxygen atoms in total. The number of rotatable bonds is 1. The SMILES string of the molecule is Nc1cc(-c2ccc3c(n2)[nH]c2ccncc23)ccc1[19F]. The average Bonchev–Trinajstić information content (AvgIpc) is 2.87. The first-order valence-electron chi connectivity index (χ1n) is 6.50. The number of nitrogens with zero attached hydrogens (tertiary/aromatic N) is 2. The Balaban J connectivity index is 1.94. The van der Waals surface area contributed by atoms with Gasteiger partial charge in [-0.05, 0) is 36.4 Å². The molecule has 4 aromatic rings. The molecule has 0 aliphatic rings. The summed E-state index contributed by atoms with van der Waals surface area (Å²) in [5.41, 5.74) is 9.03. The Bertz CT molecular complexity index is 975. The van der Waals surface area contributed by atoms with Gasteiger partial charge in [0.25, 0.3) is 0 Å². The third-order valence-electron chi connectivity index (χ3n) is 3.55. The predicted molar refractivity (Wildman–Crippen MR) is 81.2 cm³/mol. The summed E-state index contributed by atoms with van der Waals surface area (Å²) in [6.45, 7) is 0. The van der Waals surface area contributed by atoms with Gasteiger partial charge in [0.15, 0.2) is 0 Å². The fraction of sp³-hybridized carbons (Fsp3) is 0. The van der Waals surface area contributed by atoms with Crippen LogP contribution in [0.1, 0.15) is 0 Å². The van der Waals surface area contributed by atoms with Crippen molar-refractivity contribution >= 4 is 27.6 Å². The number of hydrogen-bond acceptors (Lipinski definition) is 3. The number of aromatic amines is 1. The first-order chi connectivity index (χ1) is 10.2. The average molecular weight is 278 g/mol. The third-order valence-corrected chi connectivity index (χ3v) is 3.55. The van der Waals surface area contributed by atoms with Crippen LogP contribution in [0.2, 0.25) is 0 Å². The lowest BCUT2D eigenvalue weighted by molar-refractivity contribution is 0.632. The van der Waals surface area contributed by atoms with Crippen molar-refractivity contribution in [1.82, 2.24) is 15.0 Å². The van der Waals surface area contributed by atoms with Gasteiger partial charge in [-0.1, -0.05) is 0 Å². The maximum absolute atomic E-state index is 13.2. The number of fused-ring (bicyclic) bond motifs is 3. The number of nitrogens with one attached hydrogen (secondary N) is 1. The van der Waals surface area contributed by atoms with Crippen molar-refractivity contribution < 1.29 is 4.39 Å². The minimum atomic E-state index is -0.420. The van der Waals surface area contributed by atoms with Gasteiger partial charge in [0.1, 0.15) is 11.5 Å². The second-order valence-electron chi connectivity index (χ2n) is 4.88. The number of aromatic nitrogens is 3. The summed E-state index contributed by atoms with van der Waals surface area (Å²) in [5, 5.41) is 2.04. The summed E-state index contributed by atoms with van der Waals surface area (Å²) in [6.07, 6.45) is 3.55. The minimum absolute atomic E-state index is 0.121. The van der Waals surface area contributed by atoms with Crippen LogP contribution in [0.15, 0.2) is 48.8 Å². The number of H-pyrrole nitrogens is 1. The lowest BCUT2D eigenvalue weighted by Crippen LogP contribution is -1.92. The van der Waals surface area contributed by atoms with Crippen molar-refractivity contribution in [2.75, 3.05) is 5.73 Å². The molecule has 0 spiro atoms. The van der Waals surface area contributed by atoms with Crippen LogP contribution in [0.25, 0.3) is 33.2 Å². The Morgan fingerprint density at radius 2 is 1.95 bits per heavy atom. The van der Waals surface area contributed by atoms with Crippen molar-refractivity contribution in [2.45, 2.75) is 0 Å². The fourth-order valence-corrected chi connectivity index (χ4v) is 2.48. The number of nitrogen functional groups attached to an aromatic ring is 1. The van der Waals surface area contributed by atoms with Crippen molar-refractivity contribution in [3.63, 3.8) is 0 Å². The third kappa shape index (κ3) is 1.82.